The third kappa shape index (κ3) is 10.6. The number of nitro benzene ring substituents is 1. The predicted molar refractivity (Wildman–Crippen MR) is 293 cm³/mol. The molecule has 5 aliphatic heterocycles. The number of pyridine rings is 1. The second kappa shape index (κ2) is 21.1. The van der Waals surface area contributed by atoms with Crippen molar-refractivity contribution in [2.24, 2.45) is 11.3 Å². The highest BCUT2D eigenvalue weighted by atomic mass is 32.2. The number of sulfonamides is 1. The molecular weight excluding hydrogens is 989 g/mol. The second-order valence-corrected chi connectivity index (χ2v) is 30.3. The van der Waals surface area contributed by atoms with Crippen molar-refractivity contribution in [1.29, 1.82) is 0 Å². The summed E-state index contributed by atoms with van der Waals surface area (Å²) in [6, 6.07) is 24.0. The fourth-order valence-electron chi connectivity index (χ4n) is 12.6. The van der Waals surface area contributed by atoms with Gasteiger partial charge in [-0.15, -0.1) is 0 Å². The Morgan fingerprint density at radius 2 is 1.75 bits per heavy atom. The highest BCUT2D eigenvalue weighted by Crippen LogP contribution is 2.55. The summed E-state index contributed by atoms with van der Waals surface area (Å²) in [5.41, 5.74) is 5.89. The zero-order valence-electron chi connectivity index (χ0n) is 43.8. The SMILES string of the molecule is CCc1ccccc1[C@@H]1CCCN1C1CC2(CCN(c3ccc(C(=O)NS(=O)(=O)c4ccc(NCC5CCOCC5)c([N+](=O)[O-])c4)c(N4c5cc6ccn(COCC[Si](C)(C)C)c6nc5O[C@@H]5COC[C@H]54)c3)CC2)C1. The van der Waals surface area contributed by atoms with Crippen LogP contribution in [0.4, 0.5) is 28.4 Å². The van der Waals surface area contributed by atoms with Crippen molar-refractivity contribution >= 4 is 63.5 Å². The van der Waals surface area contributed by atoms with Crippen molar-refractivity contribution < 1.29 is 37.1 Å². The molecule has 0 unspecified atom stereocenters. The van der Waals surface area contributed by atoms with Crippen LogP contribution in [0.2, 0.25) is 25.7 Å². The van der Waals surface area contributed by atoms with Gasteiger partial charge < -0.3 is 38.6 Å². The van der Waals surface area contributed by atoms with Crippen LogP contribution in [0, 0.1) is 21.4 Å². The molecule has 1 saturated carbocycles. The first-order valence-corrected chi connectivity index (χ1v) is 32.4. The molecule has 1 amide bonds. The largest absolute Gasteiger partial charge is 0.468 e. The van der Waals surface area contributed by atoms with Crippen LogP contribution in [0.3, 0.4) is 0 Å². The van der Waals surface area contributed by atoms with E-state index in [-0.39, 0.29) is 28.6 Å². The first-order valence-electron chi connectivity index (χ1n) is 27.2. The fourth-order valence-corrected chi connectivity index (χ4v) is 14.3. The molecule has 0 radical (unpaired) electrons. The van der Waals surface area contributed by atoms with E-state index in [1.54, 1.807) is 6.07 Å². The Bertz CT molecular complexity index is 3030. The van der Waals surface area contributed by atoms with Gasteiger partial charge in [-0.05, 0) is 135 Å². The molecule has 11 rings (SSSR count). The normalized spacial score (nSPS) is 22.2. The van der Waals surface area contributed by atoms with Crippen molar-refractivity contribution in [2.75, 3.05) is 74.3 Å². The summed E-state index contributed by atoms with van der Waals surface area (Å²) in [4.78, 5) is 38.5. The van der Waals surface area contributed by atoms with Crippen molar-refractivity contribution in [3.05, 3.63) is 106 Å². The number of aromatic nitrogens is 2. The van der Waals surface area contributed by atoms with Crippen molar-refractivity contribution in [3.8, 4) is 5.88 Å². The van der Waals surface area contributed by atoms with Crippen LogP contribution < -0.4 is 24.6 Å². The highest BCUT2D eigenvalue weighted by Gasteiger charge is 2.50. The Hall–Kier alpha value is -5.57. The zero-order chi connectivity index (χ0) is 52.1. The maximum atomic E-state index is 14.8. The lowest BCUT2D eigenvalue weighted by Gasteiger charge is -2.56. The molecule has 19 heteroatoms. The lowest BCUT2D eigenvalue weighted by molar-refractivity contribution is -0.384. The van der Waals surface area contributed by atoms with E-state index >= 15 is 0 Å². The monoisotopic (exact) mass is 1060 g/mol. The number of nitrogens with zero attached hydrogens (tertiary/aromatic N) is 6. The van der Waals surface area contributed by atoms with E-state index in [4.69, 9.17) is 23.9 Å². The number of hydrogen-bond donors (Lipinski definition) is 2. The summed E-state index contributed by atoms with van der Waals surface area (Å²) in [5.74, 6) is -0.237. The highest BCUT2D eigenvalue weighted by molar-refractivity contribution is 7.90. The van der Waals surface area contributed by atoms with Crippen molar-refractivity contribution in [2.45, 2.75) is 126 Å². The molecule has 1 aliphatic carbocycles. The molecule has 3 atom stereocenters. The number of ether oxygens (including phenoxy) is 4. The van der Waals surface area contributed by atoms with Gasteiger partial charge in [0, 0.05) is 82.9 Å². The van der Waals surface area contributed by atoms with Gasteiger partial charge in [0.15, 0.2) is 0 Å². The average Bonchev–Trinajstić information content (AvgIpc) is 4.18. The van der Waals surface area contributed by atoms with Gasteiger partial charge in [-0.2, -0.15) is 4.98 Å². The second-order valence-electron chi connectivity index (χ2n) is 23.0. The first-order chi connectivity index (χ1) is 36.2. The number of piperidine rings is 1. The van der Waals surface area contributed by atoms with Crippen LogP contribution in [-0.2, 0) is 37.4 Å². The summed E-state index contributed by atoms with van der Waals surface area (Å²) >= 11 is 0. The van der Waals surface area contributed by atoms with Gasteiger partial charge in [0.25, 0.3) is 21.6 Å². The molecule has 5 aromatic rings. The smallest absolute Gasteiger partial charge is 0.293 e. The van der Waals surface area contributed by atoms with Crippen LogP contribution in [0.1, 0.15) is 85.8 Å². The lowest BCUT2D eigenvalue weighted by atomic mass is 9.59. The van der Waals surface area contributed by atoms with Crippen LogP contribution in [0.5, 0.6) is 5.88 Å². The lowest BCUT2D eigenvalue weighted by Crippen LogP contribution is -2.55. The van der Waals surface area contributed by atoms with Crippen molar-refractivity contribution in [1.82, 2.24) is 19.2 Å². The number of carbonyl (C=O) groups excluding carboxylic acids is 1. The maximum Gasteiger partial charge on any atom is 0.293 e. The molecule has 2 N–H and O–H groups in total. The minimum Gasteiger partial charge on any atom is -0.468 e. The van der Waals surface area contributed by atoms with Crippen molar-refractivity contribution in [3.63, 3.8) is 0 Å². The number of carbonyl (C=O) groups is 1. The number of rotatable bonds is 17. The molecule has 17 nitrogen and oxygen atoms in total. The molecule has 5 fully saturated rings. The quantitative estimate of drug-likeness (QED) is 0.0388. The van der Waals surface area contributed by atoms with Crippen LogP contribution in [-0.4, -0.2) is 119 Å². The minimum absolute atomic E-state index is 0.110. The van der Waals surface area contributed by atoms with Gasteiger partial charge in [0.2, 0.25) is 5.88 Å². The number of amides is 1. The van der Waals surface area contributed by atoms with E-state index in [9.17, 15) is 23.3 Å². The van der Waals surface area contributed by atoms with Crippen LogP contribution >= 0.6 is 0 Å². The van der Waals surface area contributed by atoms with Gasteiger partial charge >= 0.3 is 0 Å². The van der Waals surface area contributed by atoms with Crippen LogP contribution in [0.15, 0.2) is 83.9 Å². The van der Waals surface area contributed by atoms with Gasteiger partial charge in [-0.3, -0.25) is 19.8 Å². The Labute approximate surface area is 441 Å². The molecule has 75 heavy (non-hydrogen) atoms. The molecular formula is C56H72N8O9SSi. The number of aryl methyl sites for hydroxylation is 1. The average molecular weight is 1060 g/mol. The number of fused-ring (bicyclic) bond motifs is 3. The van der Waals surface area contributed by atoms with Gasteiger partial charge in [-0.1, -0.05) is 50.8 Å². The molecule has 3 aromatic carbocycles. The topological polar surface area (TPSA) is 183 Å². The molecule has 6 aliphatic rings. The standard InChI is InChI=1S/C56H72N8O9SSi/c1-5-39-9-6-7-10-44(39)47-11-8-21-62(47)42-32-56(33-42)19-23-60(24-20-56)41-12-14-45(54(65)59-74(68,69)43-13-15-46(49(31-43)64(66)67)57-34-38-17-25-70-26-18-38)48(30-41)63-50-29-40-16-22-61(37-71-27-28-75(2,3)4)53(40)58-55(50)73-52-36-72-35-51(52)63/h6-7,9-10,12-16,22,29-31,38,42,47,51-52,57H,5,8,11,17-21,23-28,32-37H2,1-4H3,(H,59,65)/t47-,51+,52+/m0/s1. The summed E-state index contributed by atoms with van der Waals surface area (Å²) in [6.07, 6.45) is 11.2. The van der Waals surface area contributed by atoms with E-state index in [2.05, 4.69) is 70.7 Å². The zero-order valence-corrected chi connectivity index (χ0v) is 45.6. The third-order valence-electron chi connectivity index (χ3n) is 17.0. The number of nitrogens with one attached hydrogen (secondary N) is 2. The van der Waals surface area contributed by atoms with Gasteiger partial charge in [-0.25, -0.2) is 13.1 Å². The molecule has 1 spiro atoms. The van der Waals surface area contributed by atoms with Gasteiger partial charge in [0.1, 0.15) is 29.9 Å². The Morgan fingerprint density at radius 1 is 0.947 bits per heavy atom. The van der Waals surface area contributed by atoms with E-state index in [1.165, 1.54) is 48.9 Å². The Morgan fingerprint density at radius 3 is 2.52 bits per heavy atom. The number of likely N-dealkylation sites (tertiary alicyclic amines) is 1. The van der Waals surface area contributed by atoms with E-state index < -0.39 is 45.6 Å². The molecule has 2 aromatic heterocycles. The predicted octanol–water partition coefficient (Wildman–Crippen LogP) is 9.66. The van der Waals surface area contributed by atoms with E-state index in [0.29, 0.717) is 81.3 Å². The van der Waals surface area contributed by atoms with Crippen LogP contribution in [0.25, 0.3) is 11.0 Å². The van der Waals surface area contributed by atoms with Gasteiger partial charge in [0.05, 0.1) is 40.3 Å². The molecule has 0 bridgehead atoms. The molecule has 400 valence electrons. The first kappa shape index (κ1) is 51.5. The number of nitro groups is 1. The molecule has 7 heterocycles. The summed E-state index contributed by atoms with van der Waals surface area (Å²) in [5, 5.41) is 16.4. The summed E-state index contributed by atoms with van der Waals surface area (Å²) in [6.45, 7) is 15.4. The molecule has 4 saturated heterocycles. The summed E-state index contributed by atoms with van der Waals surface area (Å²) in [7, 11) is -5.91. The van der Waals surface area contributed by atoms with E-state index in [1.807, 2.05) is 39.9 Å². The number of hydrogen-bond acceptors (Lipinski definition) is 14. The van der Waals surface area contributed by atoms with E-state index in [0.717, 1.165) is 74.9 Å². The number of anilines is 4. The Balaban J connectivity index is 0.882. The Kier molecular flexibility index (Phi) is 14.5. The fraction of sp³-hybridized carbons (Fsp3) is 0.536. The third-order valence-corrected chi connectivity index (χ3v) is 20.0. The minimum atomic E-state index is -4.61. The maximum absolute atomic E-state index is 14.8. The summed E-state index contributed by atoms with van der Waals surface area (Å²) < 4.78 is 57.0. The number of benzene rings is 3.